The van der Waals surface area contributed by atoms with Gasteiger partial charge in [-0.25, -0.2) is 4.79 Å². The third-order valence-electron chi connectivity index (χ3n) is 3.92. The fourth-order valence-electron chi connectivity index (χ4n) is 2.55. The summed E-state index contributed by atoms with van der Waals surface area (Å²) in [4.78, 5) is 14.9. The lowest BCUT2D eigenvalue weighted by Crippen LogP contribution is -2.10. The molecule has 1 aromatic heterocycles. The first-order chi connectivity index (χ1) is 12.3. The molecule has 136 valence electrons. The number of rotatable bonds is 5. The molecule has 0 saturated heterocycles. The lowest BCUT2D eigenvalue weighted by molar-refractivity contribution is 0.0520. The molecule has 0 fully saturated rings. The van der Waals surface area contributed by atoms with Crippen LogP contribution in [0.4, 0.5) is 0 Å². The van der Waals surface area contributed by atoms with E-state index >= 15 is 0 Å². The number of ether oxygens (including phenoxy) is 1. The standard InChI is InChI=1S/C19H19NO5S/c1-4-24-19(21)17-10-14-11-18(13(3)9-16(14)20-17)25-26(22,23)15-7-5-12(2)6-8-15/h5-11,20H,4H2,1-3H3. The Bertz CT molecular complexity index is 1070. The molecule has 7 heteroatoms. The van der Waals surface area contributed by atoms with Gasteiger partial charge in [-0.1, -0.05) is 17.7 Å². The van der Waals surface area contributed by atoms with E-state index in [0.717, 1.165) is 5.56 Å². The highest BCUT2D eigenvalue weighted by Crippen LogP contribution is 2.29. The third kappa shape index (κ3) is 3.57. The van der Waals surface area contributed by atoms with Gasteiger partial charge < -0.3 is 13.9 Å². The quantitative estimate of drug-likeness (QED) is 0.544. The zero-order valence-electron chi connectivity index (χ0n) is 14.7. The SMILES string of the molecule is CCOC(=O)c1cc2cc(OS(=O)(=O)c3ccc(C)cc3)c(C)cc2[nH]1. The maximum atomic E-state index is 12.5. The number of carbonyl (C=O) groups is 1. The molecular weight excluding hydrogens is 354 g/mol. The Morgan fingerprint density at radius 3 is 2.42 bits per heavy atom. The van der Waals surface area contributed by atoms with Crippen LogP contribution in [-0.4, -0.2) is 26.0 Å². The number of benzene rings is 2. The van der Waals surface area contributed by atoms with Gasteiger partial charge in [-0.05, 0) is 56.7 Å². The molecule has 0 aliphatic rings. The molecule has 26 heavy (non-hydrogen) atoms. The van der Waals surface area contributed by atoms with E-state index in [9.17, 15) is 13.2 Å². The van der Waals surface area contributed by atoms with E-state index in [1.54, 1.807) is 44.2 Å². The highest BCUT2D eigenvalue weighted by molar-refractivity contribution is 7.87. The molecule has 0 saturated carbocycles. The lowest BCUT2D eigenvalue weighted by Gasteiger charge is -2.10. The van der Waals surface area contributed by atoms with Crippen LogP contribution in [0.3, 0.4) is 0 Å². The van der Waals surface area contributed by atoms with Crippen LogP contribution < -0.4 is 4.18 Å². The second-order valence-corrected chi connectivity index (χ2v) is 7.51. The van der Waals surface area contributed by atoms with Gasteiger partial charge in [-0.2, -0.15) is 8.42 Å². The van der Waals surface area contributed by atoms with Crippen molar-refractivity contribution in [2.75, 3.05) is 6.61 Å². The number of nitrogens with one attached hydrogen (secondary N) is 1. The number of aryl methyl sites for hydroxylation is 2. The highest BCUT2D eigenvalue weighted by Gasteiger charge is 2.19. The van der Waals surface area contributed by atoms with E-state index < -0.39 is 16.1 Å². The molecule has 1 N–H and O–H groups in total. The second-order valence-electron chi connectivity index (χ2n) is 5.96. The maximum Gasteiger partial charge on any atom is 0.354 e. The minimum Gasteiger partial charge on any atom is -0.461 e. The summed E-state index contributed by atoms with van der Waals surface area (Å²) < 4.78 is 35.3. The predicted molar refractivity (Wildman–Crippen MR) is 98.0 cm³/mol. The van der Waals surface area contributed by atoms with Crippen LogP contribution in [0, 0.1) is 13.8 Å². The Labute approximate surface area is 151 Å². The Balaban J connectivity index is 1.96. The van der Waals surface area contributed by atoms with Crippen molar-refractivity contribution in [1.82, 2.24) is 4.98 Å². The van der Waals surface area contributed by atoms with Crippen molar-refractivity contribution in [2.24, 2.45) is 0 Å². The Hall–Kier alpha value is -2.80. The fourth-order valence-corrected chi connectivity index (χ4v) is 3.53. The van der Waals surface area contributed by atoms with Gasteiger partial charge in [0.15, 0.2) is 0 Å². The van der Waals surface area contributed by atoms with Crippen LogP contribution in [-0.2, 0) is 14.9 Å². The van der Waals surface area contributed by atoms with Crippen molar-refractivity contribution in [3.63, 3.8) is 0 Å². The Kier molecular flexibility index (Phi) is 4.73. The molecule has 2 aromatic carbocycles. The normalized spacial score (nSPS) is 11.5. The first-order valence-corrected chi connectivity index (χ1v) is 9.52. The predicted octanol–water partition coefficient (Wildman–Crippen LogP) is 3.73. The summed E-state index contributed by atoms with van der Waals surface area (Å²) >= 11 is 0. The molecule has 3 rings (SSSR count). The minimum absolute atomic E-state index is 0.0869. The number of aromatic amines is 1. The van der Waals surface area contributed by atoms with Gasteiger partial charge >= 0.3 is 16.1 Å². The molecule has 0 amide bonds. The molecule has 0 bridgehead atoms. The number of fused-ring (bicyclic) bond motifs is 1. The lowest BCUT2D eigenvalue weighted by atomic mass is 10.1. The van der Waals surface area contributed by atoms with Crippen LogP contribution in [0.1, 0.15) is 28.5 Å². The van der Waals surface area contributed by atoms with Crippen molar-refractivity contribution in [3.05, 3.63) is 59.3 Å². The van der Waals surface area contributed by atoms with Gasteiger partial charge in [0.2, 0.25) is 0 Å². The average molecular weight is 373 g/mol. The second kappa shape index (κ2) is 6.84. The van der Waals surface area contributed by atoms with Crippen molar-refractivity contribution < 1.29 is 22.1 Å². The molecular formula is C19H19NO5S. The maximum absolute atomic E-state index is 12.5. The summed E-state index contributed by atoms with van der Waals surface area (Å²) in [7, 11) is -3.94. The molecule has 3 aromatic rings. The number of carbonyl (C=O) groups excluding carboxylic acids is 1. The zero-order valence-corrected chi connectivity index (χ0v) is 15.5. The van der Waals surface area contributed by atoms with Gasteiger partial charge in [-0.15, -0.1) is 0 Å². The molecule has 0 unspecified atom stereocenters. The molecule has 0 aliphatic heterocycles. The van der Waals surface area contributed by atoms with E-state index in [1.807, 2.05) is 6.92 Å². The van der Waals surface area contributed by atoms with Crippen LogP contribution in [0.5, 0.6) is 5.75 Å². The van der Waals surface area contributed by atoms with E-state index in [-0.39, 0.29) is 17.3 Å². The monoisotopic (exact) mass is 373 g/mol. The largest absolute Gasteiger partial charge is 0.461 e. The van der Waals surface area contributed by atoms with Crippen molar-refractivity contribution in [3.8, 4) is 5.75 Å². The molecule has 0 spiro atoms. The molecule has 1 heterocycles. The van der Waals surface area contributed by atoms with Gasteiger partial charge in [0.25, 0.3) is 0 Å². The minimum atomic E-state index is -3.94. The summed E-state index contributed by atoms with van der Waals surface area (Å²) in [5, 5.41) is 0.660. The smallest absolute Gasteiger partial charge is 0.354 e. The molecule has 0 aliphatic carbocycles. The summed E-state index contributed by atoms with van der Waals surface area (Å²) in [5.41, 5.74) is 2.59. The number of aromatic nitrogens is 1. The summed E-state index contributed by atoms with van der Waals surface area (Å²) in [6, 6.07) is 11.4. The Morgan fingerprint density at radius 1 is 1.08 bits per heavy atom. The van der Waals surface area contributed by atoms with Gasteiger partial charge in [0.05, 0.1) is 6.61 Å². The average Bonchev–Trinajstić information content (AvgIpc) is 2.98. The van der Waals surface area contributed by atoms with Crippen LogP contribution >= 0.6 is 0 Å². The van der Waals surface area contributed by atoms with Crippen molar-refractivity contribution >= 4 is 27.0 Å². The highest BCUT2D eigenvalue weighted by atomic mass is 32.2. The van der Waals surface area contributed by atoms with Gasteiger partial charge in [0.1, 0.15) is 16.3 Å². The van der Waals surface area contributed by atoms with E-state index in [4.69, 9.17) is 8.92 Å². The summed E-state index contributed by atoms with van der Waals surface area (Å²) in [5.74, 6) is -0.247. The van der Waals surface area contributed by atoms with E-state index in [2.05, 4.69) is 4.98 Å². The fraction of sp³-hybridized carbons (Fsp3) is 0.211. The zero-order chi connectivity index (χ0) is 18.9. The van der Waals surface area contributed by atoms with E-state index in [0.29, 0.717) is 22.2 Å². The van der Waals surface area contributed by atoms with Crippen LogP contribution in [0.2, 0.25) is 0 Å². The first-order valence-electron chi connectivity index (χ1n) is 8.12. The topological polar surface area (TPSA) is 85.5 Å². The summed E-state index contributed by atoms with van der Waals surface area (Å²) in [6.07, 6.45) is 0. The first kappa shape index (κ1) is 18.0. The van der Waals surface area contributed by atoms with Crippen LogP contribution in [0.15, 0.2) is 47.4 Å². The van der Waals surface area contributed by atoms with E-state index in [1.165, 1.54) is 12.1 Å². The van der Waals surface area contributed by atoms with Crippen molar-refractivity contribution in [2.45, 2.75) is 25.7 Å². The molecule has 0 radical (unpaired) electrons. The molecule has 6 nitrogen and oxygen atoms in total. The van der Waals surface area contributed by atoms with Crippen LogP contribution in [0.25, 0.3) is 10.9 Å². The number of hydrogen-bond donors (Lipinski definition) is 1. The number of esters is 1. The molecule has 0 atom stereocenters. The van der Waals surface area contributed by atoms with Crippen molar-refractivity contribution in [1.29, 1.82) is 0 Å². The summed E-state index contributed by atoms with van der Waals surface area (Å²) in [6.45, 7) is 5.62. The Morgan fingerprint density at radius 2 is 1.77 bits per heavy atom. The van der Waals surface area contributed by atoms with Gasteiger partial charge in [0, 0.05) is 10.9 Å². The number of hydrogen-bond acceptors (Lipinski definition) is 5. The number of H-pyrrole nitrogens is 1. The van der Waals surface area contributed by atoms with Gasteiger partial charge in [-0.3, -0.25) is 0 Å². The third-order valence-corrected chi connectivity index (χ3v) is 5.17.